The number of amides is 1. The molecule has 1 amide bonds. The van der Waals surface area contributed by atoms with Crippen LogP contribution in [0.25, 0.3) is 10.2 Å². The van der Waals surface area contributed by atoms with Crippen molar-refractivity contribution in [2.24, 2.45) is 5.92 Å². The summed E-state index contributed by atoms with van der Waals surface area (Å²) in [5.74, 6) is 0.537. The van der Waals surface area contributed by atoms with E-state index in [0.29, 0.717) is 29.8 Å². The van der Waals surface area contributed by atoms with Gasteiger partial charge < -0.3 is 15.8 Å². The fourth-order valence-corrected chi connectivity index (χ4v) is 2.62. The van der Waals surface area contributed by atoms with E-state index in [2.05, 4.69) is 24.1 Å². The van der Waals surface area contributed by atoms with Crippen LogP contribution in [0.3, 0.4) is 0 Å². The van der Waals surface area contributed by atoms with E-state index in [1.165, 1.54) is 11.3 Å². The van der Waals surface area contributed by atoms with Gasteiger partial charge in [-0.05, 0) is 30.5 Å². The number of fused-ring (bicyclic) bond motifs is 1. The van der Waals surface area contributed by atoms with Crippen LogP contribution < -0.4 is 11.1 Å². The fraction of sp³-hybridized carbons (Fsp3) is 0.467. The van der Waals surface area contributed by atoms with Crippen molar-refractivity contribution in [3.05, 3.63) is 23.8 Å². The van der Waals surface area contributed by atoms with Gasteiger partial charge in [0.05, 0.1) is 16.8 Å². The number of carbonyl (C=O) groups excluding carboxylic acids is 1. The summed E-state index contributed by atoms with van der Waals surface area (Å²) >= 11 is 1.38. The number of nitrogen functional groups attached to an aromatic ring is 1. The van der Waals surface area contributed by atoms with E-state index in [-0.39, 0.29) is 5.91 Å². The van der Waals surface area contributed by atoms with E-state index >= 15 is 0 Å². The molecule has 114 valence electrons. The van der Waals surface area contributed by atoms with Crippen molar-refractivity contribution >= 4 is 32.6 Å². The van der Waals surface area contributed by atoms with Gasteiger partial charge in [0.1, 0.15) is 0 Å². The Morgan fingerprint density at radius 1 is 1.43 bits per heavy atom. The van der Waals surface area contributed by atoms with Crippen LogP contribution in [0.5, 0.6) is 0 Å². The number of nitrogens with one attached hydrogen (secondary N) is 1. The number of thiazole rings is 1. The zero-order chi connectivity index (χ0) is 15.2. The van der Waals surface area contributed by atoms with E-state index in [1.54, 1.807) is 6.07 Å². The third-order valence-electron chi connectivity index (χ3n) is 3.04. The first-order chi connectivity index (χ1) is 10.1. The van der Waals surface area contributed by atoms with Gasteiger partial charge in [0.25, 0.3) is 5.91 Å². The summed E-state index contributed by atoms with van der Waals surface area (Å²) in [6.07, 6.45) is 1.04. The second-order valence-electron chi connectivity index (χ2n) is 5.29. The third kappa shape index (κ3) is 4.68. The topological polar surface area (TPSA) is 77.2 Å². The molecule has 0 saturated carbocycles. The summed E-state index contributed by atoms with van der Waals surface area (Å²) in [5.41, 5.74) is 7.10. The maximum atomic E-state index is 12.0. The Balaban J connectivity index is 1.79. The van der Waals surface area contributed by atoms with E-state index in [1.807, 2.05) is 12.1 Å². The minimum Gasteiger partial charge on any atom is -0.380 e. The lowest BCUT2D eigenvalue weighted by Crippen LogP contribution is -2.27. The van der Waals surface area contributed by atoms with E-state index in [9.17, 15) is 4.79 Å². The zero-order valence-electron chi connectivity index (χ0n) is 12.4. The number of carbonyl (C=O) groups is 1. The van der Waals surface area contributed by atoms with Crippen molar-refractivity contribution in [2.45, 2.75) is 20.3 Å². The summed E-state index contributed by atoms with van der Waals surface area (Å²) in [6, 6.07) is 5.39. The van der Waals surface area contributed by atoms with Gasteiger partial charge in [-0.25, -0.2) is 4.98 Å². The average molecular weight is 307 g/mol. The predicted octanol–water partition coefficient (Wildman–Crippen LogP) is 2.67. The van der Waals surface area contributed by atoms with Crippen molar-refractivity contribution in [3.8, 4) is 0 Å². The molecule has 1 heterocycles. The number of rotatable bonds is 7. The van der Waals surface area contributed by atoms with Gasteiger partial charge in [-0.1, -0.05) is 25.2 Å². The van der Waals surface area contributed by atoms with Crippen LogP contribution >= 0.6 is 11.3 Å². The summed E-state index contributed by atoms with van der Waals surface area (Å²) in [6.45, 7) is 6.11. The van der Waals surface area contributed by atoms with Crippen molar-refractivity contribution in [3.63, 3.8) is 0 Å². The Bertz CT molecular complexity index is 610. The molecule has 6 heteroatoms. The lowest BCUT2D eigenvalue weighted by molar-refractivity contribution is 0.0906. The average Bonchev–Trinajstić information content (AvgIpc) is 2.81. The monoisotopic (exact) mass is 307 g/mol. The molecule has 0 atom stereocenters. The molecular formula is C15H21N3O2S. The molecule has 1 aromatic heterocycles. The van der Waals surface area contributed by atoms with Crippen molar-refractivity contribution < 1.29 is 9.53 Å². The number of nitrogens with two attached hydrogens (primary N) is 1. The lowest BCUT2D eigenvalue weighted by Gasteiger charge is -2.08. The minimum absolute atomic E-state index is 0.101. The van der Waals surface area contributed by atoms with Crippen LogP contribution in [0.15, 0.2) is 18.2 Å². The molecule has 0 radical (unpaired) electrons. The van der Waals surface area contributed by atoms with Crippen LogP contribution in [0.2, 0.25) is 0 Å². The number of nitrogens with zero attached hydrogens (tertiary/aromatic N) is 1. The number of benzene rings is 1. The SMILES string of the molecule is CC(C)CCOCCNC(=O)c1ccc2nc(N)sc2c1. The molecule has 2 aromatic rings. The van der Waals surface area contributed by atoms with Crippen molar-refractivity contribution in [1.82, 2.24) is 10.3 Å². The number of aromatic nitrogens is 1. The van der Waals surface area contributed by atoms with Crippen molar-refractivity contribution in [2.75, 3.05) is 25.5 Å². The van der Waals surface area contributed by atoms with Crippen LogP contribution in [-0.2, 0) is 4.74 Å². The molecule has 0 aliphatic rings. The maximum absolute atomic E-state index is 12.0. The molecule has 3 N–H and O–H groups in total. The Labute approximate surface area is 128 Å². The Kier molecular flexibility index (Phi) is 5.52. The van der Waals surface area contributed by atoms with Gasteiger partial charge in [-0.2, -0.15) is 0 Å². The Hall–Kier alpha value is -1.66. The van der Waals surface area contributed by atoms with E-state index < -0.39 is 0 Å². The maximum Gasteiger partial charge on any atom is 0.251 e. The van der Waals surface area contributed by atoms with Gasteiger partial charge in [-0.3, -0.25) is 4.79 Å². The van der Waals surface area contributed by atoms with Crippen LogP contribution in [-0.4, -0.2) is 30.6 Å². The summed E-state index contributed by atoms with van der Waals surface area (Å²) < 4.78 is 6.39. The molecule has 0 fully saturated rings. The number of anilines is 1. The Morgan fingerprint density at radius 3 is 3.00 bits per heavy atom. The minimum atomic E-state index is -0.101. The molecule has 0 spiro atoms. The second-order valence-corrected chi connectivity index (χ2v) is 6.35. The summed E-state index contributed by atoms with van der Waals surface area (Å²) in [5, 5.41) is 3.36. The summed E-state index contributed by atoms with van der Waals surface area (Å²) in [7, 11) is 0. The second kappa shape index (κ2) is 7.38. The first-order valence-corrected chi connectivity index (χ1v) is 7.90. The quantitative estimate of drug-likeness (QED) is 0.771. The zero-order valence-corrected chi connectivity index (χ0v) is 13.2. The molecule has 0 unspecified atom stereocenters. The molecule has 0 bridgehead atoms. The number of ether oxygens (including phenoxy) is 1. The standard InChI is InChI=1S/C15H21N3O2S/c1-10(2)5-7-20-8-6-17-14(19)11-3-4-12-13(9-11)21-15(16)18-12/h3-4,9-10H,5-8H2,1-2H3,(H2,16,18)(H,17,19). The van der Waals surface area contributed by atoms with Crippen molar-refractivity contribution in [1.29, 1.82) is 0 Å². The third-order valence-corrected chi connectivity index (χ3v) is 3.89. The lowest BCUT2D eigenvalue weighted by atomic mass is 10.1. The first kappa shape index (κ1) is 15.7. The van der Waals surface area contributed by atoms with Crippen LogP contribution in [0.4, 0.5) is 5.13 Å². The molecule has 1 aromatic carbocycles. The molecule has 0 aliphatic carbocycles. The highest BCUT2D eigenvalue weighted by atomic mass is 32.1. The molecule has 5 nitrogen and oxygen atoms in total. The molecule has 0 aliphatic heterocycles. The highest BCUT2D eigenvalue weighted by Gasteiger charge is 2.08. The van der Waals surface area contributed by atoms with Crippen LogP contribution in [0, 0.1) is 5.92 Å². The first-order valence-electron chi connectivity index (χ1n) is 7.08. The molecule has 21 heavy (non-hydrogen) atoms. The van der Waals surface area contributed by atoms with Gasteiger partial charge in [0.15, 0.2) is 5.13 Å². The fourth-order valence-electron chi connectivity index (χ4n) is 1.84. The smallest absolute Gasteiger partial charge is 0.251 e. The van der Waals surface area contributed by atoms with Gasteiger partial charge in [0, 0.05) is 18.7 Å². The number of hydrogen-bond donors (Lipinski definition) is 2. The van der Waals surface area contributed by atoms with Gasteiger partial charge in [0.2, 0.25) is 0 Å². The highest BCUT2D eigenvalue weighted by molar-refractivity contribution is 7.22. The largest absolute Gasteiger partial charge is 0.380 e. The van der Waals surface area contributed by atoms with Gasteiger partial charge >= 0.3 is 0 Å². The molecular weight excluding hydrogens is 286 g/mol. The highest BCUT2D eigenvalue weighted by Crippen LogP contribution is 2.24. The molecule has 2 rings (SSSR count). The van der Waals surface area contributed by atoms with E-state index in [0.717, 1.165) is 23.2 Å². The Morgan fingerprint density at radius 2 is 2.24 bits per heavy atom. The van der Waals surface area contributed by atoms with Gasteiger partial charge in [-0.15, -0.1) is 0 Å². The van der Waals surface area contributed by atoms with E-state index in [4.69, 9.17) is 10.5 Å². The normalized spacial score (nSPS) is 11.2. The van der Waals surface area contributed by atoms with Crippen LogP contribution in [0.1, 0.15) is 30.6 Å². The predicted molar refractivity (Wildman–Crippen MR) is 86.6 cm³/mol. The number of hydrogen-bond acceptors (Lipinski definition) is 5. The summed E-state index contributed by atoms with van der Waals surface area (Å²) in [4.78, 5) is 16.2. The molecule has 0 saturated heterocycles.